The van der Waals surface area contributed by atoms with Crippen molar-refractivity contribution in [3.8, 4) is 6.07 Å². The second kappa shape index (κ2) is 6.81. The first-order valence-electron chi connectivity index (χ1n) is 7.27. The molecule has 2 heterocycles. The Balaban J connectivity index is 2.34. The number of thiophene rings is 1. The Labute approximate surface area is 129 Å². The van der Waals surface area contributed by atoms with Crippen LogP contribution in [0.15, 0.2) is 0 Å². The van der Waals surface area contributed by atoms with E-state index in [-0.39, 0.29) is 5.69 Å². The van der Waals surface area contributed by atoms with Gasteiger partial charge < -0.3 is 15.4 Å². The van der Waals surface area contributed by atoms with Gasteiger partial charge in [-0.2, -0.15) is 5.26 Å². The SMILES string of the molecule is CCC1CCCN(c2sc(C#N)c(N)c2C(=O)OC)CC1. The maximum absolute atomic E-state index is 12.0. The van der Waals surface area contributed by atoms with Gasteiger partial charge in [-0.05, 0) is 25.2 Å². The largest absolute Gasteiger partial charge is 0.465 e. The van der Waals surface area contributed by atoms with Crippen LogP contribution in [0.1, 0.15) is 47.8 Å². The molecule has 1 saturated heterocycles. The van der Waals surface area contributed by atoms with E-state index in [1.54, 1.807) is 0 Å². The van der Waals surface area contributed by atoms with Gasteiger partial charge in [0.05, 0.1) is 12.8 Å². The number of nitrogens with zero attached hydrogens (tertiary/aromatic N) is 2. The number of hydrogen-bond acceptors (Lipinski definition) is 6. The summed E-state index contributed by atoms with van der Waals surface area (Å²) >= 11 is 1.29. The quantitative estimate of drug-likeness (QED) is 0.868. The van der Waals surface area contributed by atoms with E-state index in [0.29, 0.717) is 10.4 Å². The molecule has 21 heavy (non-hydrogen) atoms. The number of esters is 1. The molecular formula is C15H21N3O2S. The first-order chi connectivity index (χ1) is 10.1. The lowest BCUT2D eigenvalue weighted by molar-refractivity contribution is 0.0603. The highest BCUT2D eigenvalue weighted by Gasteiger charge is 2.27. The number of nitrogens with two attached hydrogens (primary N) is 1. The van der Waals surface area contributed by atoms with E-state index < -0.39 is 5.97 Å². The predicted molar refractivity (Wildman–Crippen MR) is 84.6 cm³/mol. The van der Waals surface area contributed by atoms with Crippen molar-refractivity contribution in [1.82, 2.24) is 0 Å². The molecule has 2 N–H and O–H groups in total. The molecule has 1 fully saturated rings. The summed E-state index contributed by atoms with van der Waals surface area (Å²) in [7, 11) is 1.34. The smallest absolute Gasteiger partial charge is 0.343 e. The third kappa shape index (κ3) is 3.13. The first-order valence-corrected chi connectivity index (χ1v) is 8.09. The normalized spacial score (nSPS) is 18.9. The van der Waals surface area contributed by atoms with E-state index in [0.717, 1.165) is 36.9 Å². The van der Waals surface area contributed by atoms with E-state index in [9.17, 15) is 4.79 Å². The molecule has 6 heteroatoms. The summed E-state index contributed by atoms with van der Waals surface area (Å²) in [6.07, 6.45) is 4.61. The van der Waals surface area contributed by atoms with Gasteiger partial charge in [0.1, 0.15) is 21.5 Å². The summed E-state index contributed by atoms with van der Waals surface area (Å²) in [6.45, 7) is 4.01. The lowest BCUT2D eigenvalue weighted by Crippen LogP contribution is -2.25. The van der Waals surface area contributed by atoms with Crippen molar-refractivity contribution in [3.05, 3.63) is 10.4 Å². The van der Waals surface area contributed by atoms with Gasteiger partial charge in [-0.15, -0.1) is 11.3 Å². The zero-order valence-electron chi connectivity index (χ0n) is 12.5. The average molecular weight is 307 g/mol. The van der Waals surface area contributed by atoms with E-state index in [4.69, 9.17) is 15.7 Å². The Kier molecular flexibility index (Phi) is 5.07. The van der Waals surface area contributed by atoms with Gasteiger partial charge in [0, 0.05) is 13.1 Å². The van der Waals surface area contributed by atoms with Gasteiger partial charge in [0.15, 0.2) is 0 Å². The lowest BCUT2D eigenvalue weighted by atomic mass is 9.98. The van der Waals surface area contributed by atoms with E-state index in [1.807, 2.05) is 0 Å². The molecular weight excluding hydrogens is 286 g/mol. The van der Waals surface area contributed by atoms with Crippen LogP contribution in [-0.4, -0.2) is 26.2 Å². The molecule has 0 spiro atoms. The third-order valence-electron chi connectivity index (χ3n) is 4.13. The van der Waals surface area contributed by atoms with Gasteiger partial charge in [-0.25, -0.2) is 4.79 Å². The Morgan fingerprint density at radius 2 is 2.29 bits per heavy atom. The zero-order valence-corrected chi connectivity index (χ0v) is 13.3. The van der Waals surface area contributed by atoms with Crippen LogP contribution in [0.5, 0.6) is 0 Å². The second-order valence-corrected chi connectivity index (χ2v) is 6.32. The number of carbonyl (C=O) groups excluding carboxylic acids is 1. The Morgan fingerprint density at radius 3 is 2.90 bits per heavy atom. The molecule has 1 aliphatic rings. The maximum Gasteiger partial charge on any atom is 0.343 e. The molecule has 0 aromatic carbocycles. The van der Waals surface area contributed by atoms with Crippen molar-refractivity contribution in [3.63, 3.8) is 0 Å². The van der Waals surface area contributed by atoms with Gasteiger partial charge >= 0.3 is 5.97 Å². The molecule has 1 unspecified atom stereocenters. The molecule has 1 atom stereocenters. The highest BCUT2D eigenvalue weighted by atomic mass is 32.1. The highest BCUT2D eigenvalue weighted by Crippen LogP contribution is 2.39. The van der Waals surface area contributed by atoms with Crippen LogP contribution in [0.4, 0.5) is 10.7 Å². The van der Waals surface area contributed by atoms with Crippen LogP contribution >= 0.6 is 11.3 Å². The third-order valence-corrected chi connectivity index (χ3v) is 5.30. The number of nitrogen functional groups attached to an aromatic ring is 1. The summed E-state index contributed by atoms with van der Waals surface area (Å²) in [5.74, 6) is 0.279. The van der Waals surface area contributed by atoms with Crippen LogP contribution in [0.2, 0.25) is 0 Å². The van der Waals surface area contributed by atoms with Gasteiger partial charge in [0.25, 0.3) is 0 Å². The first kappa shape index (κ1) is 15.6. The van der Waals surface area contributed by atoms with Crippen molar-refractivity contribution in [1.29, 1.82) is 5.26 Å². The van der Waals surface area contributed by atoms with E-state index >= 15 is 0 Å². The minimum absolute atomic E-state index is 0.251. The van der Waals surface area contributed by atoms with E-state index in [1.165, 1.54) is 31.3 Å². The maximum atomic E-state index is 12.0. The van der Waals surface area contributed by atoms with Crippen molar-refractivity contribution < 1.29 is 9.53 Å². The van der Waals surface area contributed by atoms with Gasteiger partial charge in [0.2, 0.25) is 0 Å². The number of nitriles is 1. The fourth-order valence-corrected chi connectivity index (χ4v) is 3.87. The fraction of sp³-hybridized carbons (Fsp3) is 0.600. The number of hydrogen-bond donors (Lipinski definition) is 1. The summed E-state index contributed by atoms with van der Waals surface area (Å²) in [5, 5.41) is 9.94. The molecule has 1 aliphatic heterocycles. The Hall–Kier alpha value is -1.74. The lowest BCUT2D eigenvalue weighted by Gasteiger charge is -2.22. The predicted octanol–water partition coefficient (Wildman–Crippen LogP) is 3.01. The van der Waals surface area contributed by atoms with Crippen LogP contribution < -0.4 is 10.6 Å². The van der Waals surface area contributed by atoms with Gasteiger partial charge in [-0.1, -0.05) is 13.3 Å². The minimum Gasteiger partial charge on any atom is -0.465 e. The highest BCUT2D eigenvalue weighted by molar-refractivity contribution is 7.17. The zero-order chi connectivity index (χ0) is 15.4. The van der Waals surface area contributed by atoms with Crippen LogP contribution in [0.3, 0.4) is 0 Å². The molecule has 5 nitrogen and oxygen atoms in total. The standard InChI is InChI=1S/C15H21N3O2S/c1-3-10-5-4-7-18(8-6-10)14-12(15(19)20-2)13(17)11(9-16)21-14/h10H,3-8,17H2,1-2H3. The van der Waals surface area contributed by atoms with Crippen molar-refractivity contribution in [2.45, 2.75) is 32.6 Å². The van der Waals surface area contributed by atoms with Crippen molar-refractivity contribution >= 4 is 28.0 Å². The molecule has 0 radical (unpaired) electrons. The monoisotopic (exact) mass is 307 g/mol. The molecule has 114 valence electrons. The van der Waals surface area contributed by atoms with Crippen LogP contribution in [0, 0.1) is 17.2 Å². The minimum atomic E-state index is -0.462. The average Bonchev–Trinajstić information content (AvgIpc) is 2.69. The molecule has 0 saturated carbocycles. The molecule has 0 amide bonds. The number of anilines is 2. The van der Waals surface area contributed by atoms with Crippen molar-refractivity contribution in [2.24, 2.45) is 5.92 Å². The Bertz CT molecular complexity index is 562. The topological polar surface area (TPSA) is 79.4 Å². The molecule has 0 bridgehead atoms. The van der Waals surface area contributed by atoms with Crippen LogP contribution in [0.25, 0.3) is 0 Å². The molecule has 2 rings (SSSR count). The van der Waals surface area contributed by atoms with Crippen LogP contribution in [-0.2, 0) is 4.74 Å². The number of ether oxygens (including phenoxy) is 1. The summed E-state index contributed by atoms with van der Waals surface area (Å²) in [6, 6.07) is 2.07. The van der Waals surface area contributed by atoms with Crippen molar-refractivity contribution in [2.75, 3.05) is 30.8 Å². The van der Waals surface area contributed by atoms with E-state index in [2.05, 4.69) is 17.9 Å². The Morgan fingerprint density at radius 1 is 1.52 bits per heavy atom. The second-order valence-electron chi connectivity index (χ2n) is 5.32. The number of carbonyl (C=O) groups is 1. The number of rotatable bonds is 3. The fourth-order valence-electron chi connectivity index (χ4n) is 2.81. The molecule has 0 aliphatic carbocycles. The summed E-state index contributed by atoms with van der Waals surface area (Å²) in [5.41, 5.74) is 6.56. The summed E-state index contributed by atoms with van der Waals surface area (Å²) < 4.78 is 4.83. The molecule has 1 aromatic heterocycles. The number of methoxy groups -OCH3 is 1. The summed E-state index contributed by atoms with van der Waals surface area (Å²) in [4.78, 5) is 14.6. The van der Waals surface area contributed by atoms with Gasteiger partial charge in [-0.3, -0.25) is 0 Å². The molecule has 1 aromatic rings.